The maximum Gasteiger partial charge on any atom is 0.224 e. The van der Waals surface area contributed by atoms with Crippen LogP contribution in [0.5, 0.6) is 11.5 Å². The third-order valence-corrected chi connectivity index (χ3v) is 8.46. The van der Waals surface area contributed by atoms with Crippen LogP contribution in [0, 0.1) is 0 Å². The van der Waals surface area contributed by atoms with Crippen LogP contribution >= 0.6 is 11.6 Å². The molecule has 0 aliphatic carbocycles. The lowest BCUT2D eigenvalue weighted by Crippen LogP contribution is -2.46. The Morgan fingerprint density at radius 2 is 1.90 bits per heavy atom. The molecule has 3 aromatic rings. The van der Waals surface area contributed by atoms with Crippen molar-refractivity contribution < 1.29 is 14.3 Å². The first-order valence-electron chi connectivity index (χ1n) is 14.3. The molecule has 10 heteroatoms. The molecule has 3 heterocycles. The van der Waals surface area contributed by atoms with Crippen LogP contribution in [0.1, 0.15) is 48.5 Å². The van der Waals surface area contributed by atoms with Crippen molar-refractivity contribution in [2.24, 2.45) is 0 Å². The Morgan fingerprint density at radius 1 is 1.10 bits per heavy atom. The molecule has 1 aromatic heterocycles. The molecule has 2 aliphatic heterocycles. The van der Waals surface area contributed by atoms with Gasteiger partial charge in [-0.1, -0.05) is 36.7 Å². The second-order valence-corrected chi connectivity index (χ2v) is 10.8. The van der Waals surface area contributed by atoms with E-state index in [0.717, 1.165) is 63.0 Å². The van der Waals surface area contributed by atoms with Gasteiger partial charge in [0.25, 0.3) is 0 Å². The van der Waals surface area contributed by atoms with Gasteiger partial charge in [0.05, 0.1) is 20.3 Å². The van der Waals surface area contributed by atoms with E-state index in [9.17, 15) is 4.79 Å². The molecule has 0 saturated carbocycles. The molecule has 0 spiro atoms. The van der Waals surface area contributed by atoms with Gasteiger partial charge < -0.3 is 29.4 Å². The van der Waals surface area contributed by atoms with E-state index in [1.54, 1.807) is 26.5 Å². The minimum atomic E-state index is -0.329. The van der Waals surface area contributed by atoms with E-state index in [4.69, 9.17) is 21.1 Å². The summed E-state index contributed by atoms with van der Waals surface area (Å²) in [4.78, 5) is 28.5. The molecular weight excluding hydrogens is 540 g/mol. The van der Waals surface area contributed by atoms with Crippen LogP contribution in [0.25, 0.3) is 0 Å². The van der Waals surface area contributed by atoms with E-state index in [1.165, 1.54) is 11.3 Å². The van der Waals surface area contributed by atoms with Gasteiger partial charge in [0.2, 0.25) is 5.95 Å². The zero-order valence-electron chi connectivity index (χ0n) is 24.1. The summed E-state index contributed by atoms with van der Waals surface area (Å²) in [5, 5.41) is 3.68. The van der Waals surface area contributed by atoms with Crippen LogP contribution in [-0.2, 0) is 11.3 Å². The minimum Gasteiger partial charge on any atom is -0.493 e. The maximum absolute atomic E-state index is 12.7. The van der Waals surface area contributed by atoms with E-state index in [-0.39, 0.29) is 12.1 Å². The predicted molar refractivity (Wildman–Crippen MR) is 162 cm³/mol. The quantitative estimate of drug-likeness (QED) is 0.182. The zero-order valence-corrected chi connectivity index (χ0v) is 24.8. The molecular formula is C31H39ClN6O3. The van der Waals surface area contributed by atoms with Crippen molar-refractivity contribution in [2.75, 3.05) is 63.7 Å². The summed E-state index contributed by atoms with van der Waals surface area (Å²) >= 11 is 6.03. The topological polar surface area (TPSA) is 83.1 Å². The molecule has 1 saturated heterocycles. The SMILES string of the molecule is CCN1CCN(c2cccc3c2CN([C@H](CCCNc2nccc(Cl)n2)c2ccc(OC)c(OC)c2)C3C=O)CC1. The molecule has 218 valence electrons. The smallest absolute Gasteiger partial charge is 0.224 e. The van der Waals surface area contributed by atoms with E-state index in [0.29, 0.717) is 35.7 Å². The number of aldehydes is 1. The molecule has 0 bridgehead atoms. The van der Waals surface area contributed by atoms with E-state index in [2.05, 4.69) is 61.2 Å². The highest BCUT2D eigenvalue weighted by atomic mass is 35.5. The number of aromatic nitrogens is 2. The second-order valence-electron chi connectivity index (χ2n) is 10.4. The first-order valence-corrected chi connectivity index (χ1v) is 14.7. The molecule has 5 rings (SSSR count). The summed E-state index contributed by atoms with van der Waals surface area (Å²) in [6.07, 6.45) is 4.38. The van der Waals surface area contributed by atoms with Crippen LogP contribution in [0.3, 0.4) is 0 Å². The highest BCUT2D eigenvalue weighted by molar-refractivity contribution is 6.29. The number of ether oxygens (including phenoxy) is 2. The number of carbonyl (C=O) groups excluding carboxylic acids is 1. The minimum absolute atomic E-state index is 0.0238. The van der Waals surface area contributed by atoms with E-state index in [1.807, 2.05) is 12.1 Å². The summed E-state index contributed by atoms with van der Waals surface area (Å²) in [6.45, 7) is 8.76. The number of fused-ring (bicyclic) bond motifs is 1. The normalized spacial score (nSPS) is 18.1. The molecule has 41 heavy (non-hydrogen) atoms. The van der Waals surface area contributed by atoms with Gasteiger partial charge in [-0.2, -0.15) is 0 Å². The van der Waals surface area contributed by atoms with Crippen molar-refractivity contribution in [1.82, 2.24) is 19.8 Å². The third-order valence-electron chi connectivity index (χ3n) is 8.24. The molecule has 1 unspecified atom stereocenters. The number of carbonyl (C=O) groups is 1. The summed E-state index contributed by atoms with van der Waals surface area (Å²) in [5.41, 5.74) is 4.69. The first kappa shape index (κ1) is 29.1. The summed E-state index contributed by atoms with van der Waals surface area (Å²) in [7, 11) is 3.29. The fourth-order valence-electron chi connectivity index (χ4n) is 6.06. The highest BCUT2D eigenvalue weighted by Gasteiger charge is 2.37. The molecule has 0 amide bonds. The van der Waals surface area contributed by atoms with Crippen LogP contribution in [0.4, 0.5) is 11.6 Å². The summed E-state index contributed by atoms with van der Waals surface area (Å²) < 4.78 is 11.2. The molecule has 0 radical (unpaired) electrons. The number of piperazine rings is 1. The van der Waals surface area contributed by atoms with Crippen molar-refractivity contribution in [3.05, 3.63) is 70.5 Å². The van der Waals surface area contributed by atoms with Gasteiger partial charge in [0.15, 0.2) is 11.5 Å². The lowest BCUT2D eigenvalue weighted by atomic mass is 9.98. The van der Waals surface area contributed by atoms with E-state index < -0.39 is 0 Å². The Kier molecular flexibility index (Phi) is 9.59. The number of rotatable bonds is 12. The lowest BCUT2D eigenvalue weighted by Gasteiger charge is -2.36. The van der Waals surface area contributed by atoms with Crippen LogP contribution in [0.2, 0.25) is 5.15 Å². The number of hydrogen-bond acceptors (Lipinski definition) is 9. The number of nitrogens with zero attached hydrogens (tertiary/aromatic N) is 5. The van der Waals surface area contributed by atoms with Crippen LogP contribution < -0.4 is 19.7 Å². The molecule has 2 aromatic carbocycles. The van der Waals surface area contributed by atoms with Crippen molar-refractivity contribution in [3.8, 4) is 11.5 Å². The lowest BCUT2D eigenvalue weighted by molar-refractivity contribution is -0.113. The number of benzene rings is 2. The van der Waals surface area contributed by atoms with Crippen LogP contribution in [-0.4, -0.2) is 79.5 Å². The third kappa shape index (κ3) is 6.42. The number of likely N-dealkylation sites (N-methyl/N-ethyl adjacent to an activating group) is 1. The Bertz CT molecular complexity index is 1330. The molecule has 2 aliphatic rings. The fraction of sp³-hybridized carbons (Fsp3) is 0.452. The van der Waals surface area contributed by atoms with Crippen molar-refractivity contribution >= 4 is 29.5 Å². The molecule has 1 fully saturated rings. The number of halogens is 1. The van der Waals surface area contributed by atoms with Crippen LogP contribution in [0.15, 0.2) is 48.7 Å². The molecule has 1 N–H and O–H groups in total. The molecule has 2 atom stereocenters. The standard InChI is InChI=1S/C31H39ClN6O3/c1-4-36-15-17-37(18-16-36)26-8-5-7-23-24(26)20-38(27(23)21-39)25(22-10-11-28(40-2)29(19-22)41-3)9-6-13-33-31-34-14-12-30(32)35-31/h5,7-8,10-12,14,19,21,25,27H,4,6,9,13,15-18,20H2,1-3H3,(H,33,34,35)/t25-,27?/m1/s1. The maximum atomic E-state index is 12.7. The number of anilines is 2. The van der Waals surface area contributed by atoms with Gasteiger partial charge in [0, 0.05) is 57.2 Å². The van der Waals surface area contributed by atoms with Gasteiger partial charge in [-0.05, 0) is 60.3 Å². The van der Waals surface area contributed by atoms with Gasteiger partial charge in [0.1, 0.15) is 11.4 Å². The number of methoxy groups -OCH3 is 2. The fourth-order valence-corrected chi connectivity index (χ4v) is 6.20. The van der Waals surface area contributed by atoms with Gasteiger partial charge >= 0.3 is 0 Å². The predicted octanol–water partition coefficient (Wildman–Crippen LogP) is 4.98. The van der Waals surface area contributed by atoms with Gasteiger partial charge in [-0.15, -0.1) is 0 Å². The van der Waals surface area contributed by atoms with Crippen molar-refractivity contribution in [1.29, 1.82) is 0 Å². The van der Waals surface area contributed by atoms with Gasteiger partial charge in [-0.25, -0.2) is 9.97 Å². The molecule has 9 nitrogen and oxygen atoms in total. The largest absolute Gasteiger partial charge is 0.493 e. The summed E-state index contributed by atoms with van der Waals surface area (Å²) in [5.74, 6) is 1.86. The average molecular weight is 579 g/mol. The Morgan fingerprint density at radius 3 is 2.61 bits per heavy atom. The van der Waals surface area contributed by atoms with Crippen molar-refractivity contribution in [2.45, 2.75) is 38.4 Å². The van der Waals surface area contributed by atoms with E-state index >= 15 is 0 Å². The Labute approximate surface area is 247 Å². The Hall–Kier alpha value is -3.40. The zero-order chi connectivity index (χ0) is 28.8. The first-order chi connectivity index (χ1) is 20.1. The van der Waals surface area contributed by atoms with Gasteiger partial charge in [-0.3, -0.25) is 4.90 Å². The van der Waals surface area contributed by atoms with Crippen molar-refractivity contribution in [3.63, 3.8) is 0 Å². The average Bonchev–Trinajstić information content (AvgIpc) is 3.39. The number of nitrogens with one attached hydrogen (secondary N) is 1. The second kappa shape index (κ2) is 13.5. The number of hydrogen-bond donors (Lipinski definition) is 1. The highest BCUT2D eigenvalue weighted by Crippen LogP contribution is 2.45. The monoisotopic (exact) mass is 578 g/mol. The Balaban J connectivity index is 1.41. The summed E-state index contributed by atoms with van der Waals surface area (Å²) in [6, 6.07) is 13.8.